The molecule has 0 radical (unpaired) electrons. The molecule has 0 aromatic heterocycles. The van der Waals surface area contributed by atoms with E-state index in [0.717, 1.165) is 5.69 Å². The summed E-state index contributed by atoms with van der Waals surface area (Å²) < 4.78 is 5.37. The fourth-order valence-electron chi connectivity index (χ4n) is 2.22. The van der Waals surface area contributed by atoms with E-state index in [1.54, 1.807) is 0 Å². The number of anilines is 1. The normalized spacial score (nSPS) is 12.8. The van der Waals surface area contributed by atoms with Crippen molar-refractivity contribution in [3.63, 3.8) is 0 Å². The number of amides is 1. The average Bonchev–Trinajstić information content (AvgIpc) is 2.55. The van der Waals surface area contributed by atoms with Gasteiger partial charge in [-0.05, 0) is 19.1 Å². The van der Waals surface area contributed by atoms with Crippen LogP contribution in [0, 0.1) is 0 Å². The number of nitrogens with one attached hydrogen (secondary N) is 1. The first-order valence-electron chi connectivity index (χ1n) is 7.75. The number of benzene rings is 2. The zero-order valence-corrected chi connectivity index (χ0v) is 14.8. The second-order valence-corrected chi connectivity index (χ2v) is 10.4. The summed E-state index contributed by atoms with van der Waals surface area (Å²) in [6, 6.07) is 19.8. The molecule has 120 valence electrons. The minimum Gasteiger partial charge on any atom is -0.442 e. The van der Waals surface area contributed by atoms with Crippen LogP contribution in [0.3, 0.4) is 0 Å². The van der Waals surface area contributed by atoms with Crippen molar-refractivity contribution in [2.75, 3.05) is 5.32 Å². The summed E-state index contributed by atoms with van der Waals surface area (Å²) in [5.41, 5.74) is 2.94. The number of hydrogen-bond acceptors (Lipinski definition) is 2. The Bertz CT molecular complexity index is 654. The van der Waals surface area contributed by atoms with Crippen molar-refractivity contribution >= 4 is 25.0 Å². The van der Waals surface area contributed by atoms with E-state index in [9.17, 15) is 4.79 Å². The quantitative estimate of drug-likeness (QED) is 0.831. The summed E-state index contributed by atoms with van der Waals surface area (Å²) in [5.74, 6) is 0. The van der Waals surface area contributed by atoms with Crippen LogP contribution in [0.25, 0.3) is 0 Å². The second-order valence-electron chi connectivity index (χ2n) is 6.05. The molecule has 1 atom stereocenters. The summed E-state index contributed by atoms with van der Waals surface area (Å²) in [4.78, 5) is 11.9. The first-order chi connectivity index (χ1) is 11.0. The maximum Gasteiger partial charge on any atom is 0.412 e. The lowest BCUT2D eigenvalue weighted by molar-refractivity contribution is 0.142. The van der Waals surface area contributed by atoms with Gasteiger partial charge in [-0.3, -0.25) is 5.32 Å². The molecule has 0 saturated carbocycles. The zero-order chi connectivity index (χ0) is 16.7. The molecule has 0 aliphatic rings. The summed E-state index contributed by atoms with van der Waals surface area (Å²) in [7, 11) is -1.66. The molecule has 0 fully saturated rings. The Balaban J connectivity index is 1.91. The molecule has 0 aliphatic carbocycles. The van der Waals surface area contributed by atoms with Gasteiger partial charge in [-0.1, -0.05) is 78.6 Å². The number of ether oxygens (including phenoxy) is 1. The van der Waals surface area contributed by atoms with E-state index in [1.165, 1.54) is 5.19 Å². The van der Waals surface area contributed by atoms with Crippen molar-refractivity contribution in [1.82, 2.24) is 0 Å². The maximum absolute atomic E-state index is 11.9. The maximum atomic E-state index is 11.9. The first-order valence-corrected chi connectivity index (χ1v) is 10.8. The third-order valence-electron chi connectivity index (χ3n) is 3.61. The number of rotatable bonds is 5. The molecule has 1 N–H and O–H groups in total. The predicted molar refractivity (Wildman–Crippen MR) is 98.7 cm³/mol. The van der Waals surface area contributed by atoms with Crippen LogP contribution >= 0.6 is 0 Å². The third-order valence-corrected chi connectivity index (χ3v) is 6.46. The van der Waals surface area contributed by atoms with Crippen molar-refractivity contribution in [3.05, 3.63) is 72.4 Å². The highest BCUT2D eigenvalue weighted by Crippen LogP contribution is 2.09. The molecule has 3 nitrogen and oxygen atoms in total. The van der Waals surface area contributed by atoms with E-state index in [0.29, 0.717) is 0 Å². The molecule has 2 aromatic rings. The number of para-hydroxylation sites is 1. The zero-order valence-electron chi connectivity index (χ0n) is 13.8. The van der Waals surface area contributed by atoms with E-state index in [2.05, 4.69) is 48.4 Å². The number of hydrogen-bond donors (Lipinski definition) is 1. The summed E-state index contributed by atoms with van der Waals surface area (Å²) in [5, 5.41) is 4.08. The van der Waals surface area contributed by atoms with Crippen LogP contribution in [-0.2, 0) is 4.74 Å². The monoisotopic (exact) mass is 325 g/mol. The largest absolute Gasteiger partial charge is 0.442 e. The number of carbonyl (C=O) groups is 1. The molecule has 2 aromatic carbocycles. The van der Waals surface area contributed by atoms with Gasteiger partial charge in [0, 0.05) is 5.69 Å². The van der Waals surface area contributed by atoms with Gasteiger partial charge >= 0.3 is 6.09 Å². The predicted octanol–water partition coefficient (Wildman–Crippen LogP) is 4.33. The second kappa shape index (κ2) is 7.79. The Morgan fingerprint density at radius 3 is 2.22 bits per heavy atom. The lowest BCUT2D eigenvalue weighted by Gasteiger charge is -2.19. The van der Waals surface area contributed by atoms with Gasteiger partial charge < -0.3 is 4.74 Å². The van der Waals surface area contributed by atoms with Gasteiger partial charge in [0.15, 0.2) is 0 Å². The van der Waals surface area contributed by atoms with Crippen LogP contribution in [0.1, 0.15) is 6.92 Å². The molecule has 0 heterocycles. The summed E-state index contributed by atoms with van der Waals surface area (Å²) >= 11 is 0. The topological polar surface area (TPSA) is 38.3 Å². The fourth-order valence-corrected chi connectivity index (χ4v) is 4.21. The van der Waals surface area contributed by atoms with Crippen molar-refractivity contribution in [1.29, 1.82) is 0 Å². The molecule has 1 amide bonds. The highest BCUT2D eigenvalue weighted by atomic mass is 28.3. The average molecular weight is 325 g/mol. The molecule has 4 heteroatoms. The third kappa shape index (κ3) is 5.42. The Labute approximate surface area is 139 Å². The Morgan fingerprint density at radius 2 is 1.61 bits per heavy atom. The van der Waals surface area contributed by atoms with Gasteiger partial charge in [0.2, 0.25) is 0 Å². The minimum atomic E-state index is -1.66. The highest BCUT2D eigenvalue weighted by molar-refractivity contribution is 6.93. The molecule has 0 spiro atoms. The van der Waals surface area contributed by atoms with Gasteiger partial charge in [0.05, 0.1) is 0 Å². The molecular weight excluding hydrogens is 302 g/mol. The Morgan fingerprint density at radius 1 is 1.04 bits per heavy atom. The summed E-state index contributed by atoms with van der Waals surface area (Å²) in [6.45, 7) is 6.42. The van der Waals surface area contributed by atoms with Gasteiger partial charge in [-0.15, -0.1) is 0 Å². The van der Waals surface area contributed by atoms with Crippen LogP contribution in [0.15, 0.2) is 72.4 Å². The van der Waals surface area contributed by atoms with Crippen LogP contribution in [-0.4, -0.2) is 20.3 Å². The summed E-state index contributed by atoms with van der Waals surface area (Å²) in [6.07, 6.45) is 1.27. The fraction of sp³-hybridized carbons (Fsp3) is 0.211. The van der Waals surface area contributed by atoms with Gasteiger partial charge in [-0.2, -0.15) is 0 Å². The van der Waals surface area contributed by atoms with E-state index in [1.807, 2.05) is 49.4 Å². The van der Waals surface area contributed by atoms with Crippen LogP contribution in [0.5, 0.6) is 0 Å². The van der Waals surface area contributed by atoms with E-state index in [-0.39, 0.29) is 6.10 Å². The molecule has 23 heavy (non-hydrogen) atoms. The van der Waals surface area contributed by atoms with E-state index in [4.69, 9.17) is 4.74 Å². The van der Waals surface area contributed by atoms with Crippen LogP contribution in [0.4, 0.5) is 10.5 Å². The van der Waals surface area contributed by atoms with Gasteiger partial charge in [0.25, 0.3) is 0 Å². The lowest BCUT2D eigenvalue weighted by Crippen LogP contribution is -2.39. The Kier molecular flexibility index (Phi) is 5.76. The van der Waals surface area contributed by atoms with Crippen molar-refractivity contribution in [2.45, 2.75) is 26.1 Å². The van der Waals surface area contributed by atoms with Crippen molar-refractivity contribution in [2.24, 2.45) is 0 Å². The number of carbonyl (C=O) groups excluding carboxylic acids is 1. The van der Waals surface area contributed by atoms with Crippen LogP contribution < -0.4 is 10.5 Å². The standard InChI is InChI=1S/C19H23NO2Si/c1-16(22-19(21)20-17-10-6-4-7-11-17)14-15-23(2,3)18-12-8-5-9-13-18/h4-16H,1-3H3,(H,20,21)/b15-14-/t16-/m1/s1. The minimum absolute atomic E-state index is 0.269. The van der Waals surface area contributed by atoms with Gasteiger partial charge in [-0.25, -0.2) is 4.79 Å². The Hall–Kier alpha value is -2.33. The van der Waals surface area contributed by atoms with Crippen molar-refractivity contribution in [3.8, 4) is 0 Å². The van der Waals surface area contributed by atoms with E-state index < -0.39 is 14.2 Å². The highest BCUT2D eigenvalue weighted by Gasteiger charge is 2.19. The molecule has 2 rings (SSSR count). The smallest absolute Gasteiger partial charge is 0.412 e. The first kappa shape index (κ1) is 17.0. The van der Waals surface area contributed by atoms with E-state index >= 15 is 0 Å². The van der Waals surface area contributed by atoms with Crippen molar-refractivity contribution < 1.29 is 9.53 Å². The SMILES string of the molecule is C[C@H](/C=C\[Si](C)(C)c1ccccc1)OC(=O)Nc1ccccc1. The molecule has 0 aliphatic heterocycles. The molecule has 0 bridgehead atoms. The molecule has 0 saturated heterocycles. The lowest BCUT2D eigenvalue weighted by atomic mass is 10.3. The van der Waals surface area contributed by atoms with Crippen LogP contribution in [0.2, 0.25) is 13.1 Å². The molecule has 0 unspecified atom stereocenters. The van der Waals surface area contributed by atoms with Gasteiger partial charge in [0.1, 0.15) is 14.2 Å². The molecular formula is C19H23NO2Si.